The molecule has 3 rings (SSSR count). The topological polar surface area (TPSA) is 71.1 Å². The van der Waals surface area contributed by atoms with Gasteiger partial charge in [0.15, 0.2) is 17.3 Å². The maximum absolute atomic E-state index is 12.9. The van der Waals surface area contributed by atoms with E-state index < -0.39 is 6.04 Å². The third-order valence-corrected chi connectivity index (χ3v) is 5.41. The standard InChI is InChI=1S/C22H29N3O4/c1-14(2)25-10-6-7-18(12-25)22(27)23-16(4)24(5)15(3)21(26)17-8-9-19-20(11-17)29-13-28-19/h6,8-12,14-16H,7,13H2,1-5H3,(H,23,27). The number of Topliss-reactive ketones (excluding diaryl/α,β-unsaturated/α-hetero) is 1. The second-order valence-corrected chi connectivity index (χ2v) is 7.71. The molecule has 0 fully saturated rings. The fraction of sp³-hybridized carbons (Fsp3) is 0.455. The van der Waals surface area contributed by atoms with Crippen LogP contribution >= 0.6 is 0 Å². The van der Waals surface area contributed by atoms with Crippen LogP contribution in [0.15, 0.2) is 42.2 Å². The van der Waals surface area contributed by atoms with Crippen LogP contribution in [0.25, 0.3) is 0 Å². The molecular formula is C22H29N3O4. The highest BCUT2D eigenvalue weighted by Crippen LogP contribution is 2.33. The van der Waals surface area contributed by atoms with E-state index in [2.05, 4.69) is 19.2 Å². The number of hydrogen-bond donors (Lipinski definition) is 1. The molecule has 2 aliphatic rings. The minimum Gasteiger partial charge on any atom is -0.454 e. The summed E-state index contributed by atoms with van der Waals surface area (Å²) in [5.41, 5.74) is 1.26. The van der Waals surface area contributed by atoms with E-state index in [4.69, 9.17) is 9.47 Å². The predicted octanol–water partition coefficient (Wildman–Crippen LogP) is 2.89. The highest BCUT2D eigenvalue weighted by atomic mass is 16.7. The summed E-state index contributed by atoms with van der Waals surface area (Å²) in [6, 6.07) is 5.06. The summed E-state index contributed by atoms with van der Waals surface area (Å²) in [5.74, 6) is 1.06. The number of carbonyl (C=O) groups is 2. The Hall–Kier alpha value is -2.80. The molecule has 1 aromatic carbocycles. The van der Waals surface area contributed by atoms with Gasteiger partial charge >= 0.3 is 0 Å². The SMILES string of the molecule is CC(C)N1C=CCC(C(=O)NC(C)N(C)C(C)C(=O)c2ccc3c(c2)OCO3)=C1. The lowest BCUT2D eigenvalue weighted by Gasteiger charge is -2.31. The van der Waals surface area contributed by atoms with Gasteiger partial charge in [0.1, 0.15) is 0 Å². The molecule has 1 amide bonds. The largest absolute Gasteiger partial charge is 0.454 e. The number of nitrogens with one attached hydrogen (secondary N) is 1. The number of rotatable bonds is 7. The summed E-state index contributed by atoms with van der Waals surface area (Å²) in [6.07, 6.45) is 6.14. The number of ether oxygens (including phenoxy) is 2. The van der Waals surface area contributed by atoms with E-state index in [1.807, 2.05) is 49.2 Å². The number of hydrogen-bond acceptors (Lipinski definition) is 6. The van der Waals surface area contributed by atoms with Crippen molar-refractivity contribution in [1.29, 1.82) is 0 Å². The summed E-state index contributed by atoms with van der Waals surface area (Å²) >= 11 is 0. The maximum atomic E-state index is 12.9. The van der Waals surface area contributed by atoms with E-state index in [1.54, 1.807) is 18.2 Å². The lowest BCUT2D eigenvalue weighted by Crippen LogP contribution is -2.50. The summed E-state index contributed by atoms with van der Waals surface area (Å²) in [6.45, 7) is 8.02. The number of likely N-dealkylation sites (N-methyl/N-ethyl adjacent to an activating group) is 1. The summed E-state index contributed by atoms with van der Waals surface area (Å²) in [5, 5.41) is 3.00. The monoisotopic (exact) mass is 399 g/mol. The normalized spacial score (nSPS) is 17.3. The molecule has 2 heterocycles. The smallest absolute Gasteiger partial charge is 0.250 e. The predicted molar refractivity (Wildman–Crippen MR) is 111 cm³/mol. The zero-order valence-electron chi connectivity index (χ0n) is 17.6. The first-order chi connectivity index (χ1) is 13.8. The van der Waals surface area contributed by atoms with E-state index in [1.165, 1.54) is 0 Å². The Kier molecular flexibility index (Phi) is 6.27. The second-order valence-electron chi connectivity index (χ2n) is 7.71. The van der Waals surface area contributed by atoms with Crippen LogP contribution in [-0.2, 0) is 4.79 Å². The Labute approximate surface area is 171 Å². The lowest BCUT2D eigenvalue weighted by atomic mass is 10.0. The van der Waals surface area contributed by atoms with Gasteiger partial charge in [-0.05, 0) is 59.4 Å². The van der Waals surface area contributed by atoms with Gasteiger partial charge in [-0.2, -0.15) is 0 Å². The van der Waals surface area contributed by atoms with Gasteiger partial charge in [-0.3, -0.25) is 14.5 Å². The highest BCUT2D eigenvalue weighted by molar-refractivity contribution is 6.00. The molecule has 0 radical (unpaired) electrons. The number of nitrogens with zero attached hydrogens (tertiary/aromatic N) is 2. The van der Waals surface area contributed by atoms with Gasteiger partial charge in [-0.1, -0.05) is 6.08 Å². The Morgan fingerprint density at radius 2 is 1.86 bits per heavy atom. The van der Waals surface area contributed by atoms with E-state index >= 15 is 0 Å². The van der Waals surface area contributed by atoms with Crippen LogP contribution in [0.5, 0.6) is 11.5 Å². The molecule has 7 nitrogen and oxygen atoms in total. The molecular weight excluding hydrogens is 370 g/mol. The molecule has 2 unspecified atom stereocenters. The number of ketones is 1. The van der Waals surface area contributed by atoms with Crippen molar-refractivity contribution in [2.75, 3.05) is 13.8 Å². The zero-order valence-corrected chi connectivity index (χ0v) is 17.6. The number of carbonyl (C=O) groups excluding carboxylic acids is 2. The van der Waals surface area contributed by atoms with Gasteiger partial charge < -0.3 is 19.7 Å². The average Bonchev–Trinajstić information content (AvgIpc) is 3.19. The molecule has 156 valence electrons. The first-order valence-electron chi connectivity index (χ1n) is 9.89. The van der Waals surface area contributed by atoms with Crippen molar-refractivity contribution >= 4 is 11.7 Å². The summed E-state index contributed by atoms with van der Waals surface area (Å²) in [4.78, 5) is 29.5. The molecule has 0 aliphatic carbocycles. The summed E-state index contributed by atoms with van der Waals surface area (Å²) in [7, 11) is 1.83. The van der Waals surface area contributed by atoms with Crippen molar-refractivity contribution < 1.29 is 19.1 Å². The summed E-state index contributed by atoms with van der Waals surface area (Å²) < 4.78 is 10.7. The fourth-order valence-electron chi connectivity index (χ4n) is 3.25. The van der Waals surface area contributed by atoms with Crippen LogP contribution in [0.3, 0.4) is 0 Å². The minimum absolute atomic E-state index is 0.0438. The van der Waals surface area contributed by atoms with Crippen molar-refractivity contribution in [3.8, 4) is 11.5 Å². The highest BCUT2D eigenvalue weighted by Gasteiger charge is 2.26. The number of benzene rings is 1. The van der Waals surface area contributed by atoms with Crippen LogP contribution < -0.4 is 14.8 Å². The Balaban J connectivity index is 1.62. The molecule has 2 atom stereocenters. The molecule has 0 bridgehead atoms. The minimum atomic E-state index is -0.418. The average molecular weight is 399 g/mol. The molecule has 0 spiro atoms. The van der Waals surface area contributed by atoms with Crippen LogP contribution in [0.1, 0.15) is 44.5 Å². The Bertz CT molecular complexity index is 846. The van der Waals surface area contributed by atoms with Crippen LogP contribution in [0.2, 0.25) is 0 Å². The van der Waals surface area contributed by atoms with Crippen LogP contribution in [-0.4, -0.2) is 53.6 Å². The van der Waals surface area contributed by atoms with Crippen molar-refractivity contribution in [3.05, 3.63) is 47.8 Å². The van der Waals surface area contributed by atoms with E-state index in [9.17, 15) is 9.59 Å². The molecule has 1 aromatic rings. The van der Waals surface area contributed by atoms with Gasteiger partial charge in [0.25, 0.3) is 0 Å². The molecule has 29 heavy (non-hydrogen) atoms. The molecule has 7 heteroatoms. The van der Waals surface area contributed by atoms with Gasteiger partial charge in [-0.25, -0.2) is 0 Å². The van der Waals surface area contributed by atoms with E-state index in [-0.39, 0.29) is 30.7 Å². The van der Waals surface area contributed by atoms with Gasteiger partial charge in [0.2, 0.25) is 12.7 Å². The fourth-order valence-corrected chi connectivity index (χ4v) is 3.25. The maximum Gasteiger partial charge on any atom is 0.250 e. The second kappa shape index (κ2) is 8.69. The van der Waals surface area contributed by atoms with Gasteiger partial charge in [0, 0.05) is 29.6 Å². The van der Waals surface area contributed by atoms with Crippen molar-refractivity contribution in [2.45, 2.75) is 52.4 Å². The first kappa shape index (κ1) is 20.9. The van der Waals surface area contributed by atoms with Crippen molar-refractivity contribution in [2.24, 2.45) is 0 Å². The molecule has 0 saturated heterocycles. The van der Waals surface area contributed by atoms with E-state index in [0.29, 0.717) is 29.1 Å². The van der Waals surface area contributed by atoms with Gasteiger partial charge in [-0.15, -0.1) is 0 Å². The molecule has 2 aliphatic heterocycles. The Morgan fingerprint density at radius 3 is 2.59 bits per heavy atom. The number of fused-ring (bicyclic) bond motifs is 1. The molecule has 0 aromatic heterocycles. The zero-order chi connectivity index (χ0) is 21.1. The van der Waals surface area contributed by atoms with Crippen LogP contribution in [0.4, 0.5) is 0 Å². The number of amides is 1. The van der Waals surface area contributed by atoms with Crippen molar-refractivity contribution in [1.82, 2.24) is 15.1 Å². The molecule has 1 N–H and O–H groups in total. The third-order valence-electron chi connectivity index (χ3n) is 5.41. The molecule has 0 saturated carbocycles. The lowest BCUT2D eigenvalue weighted by molar-refractivity contribution is -0.119. The van der Waals surface area contributed by atoms with Crippen molar-refractivity contribution in [3.63, 3.8) is 0 Å². The third kappa shape index (κ3) is 4.62. The quantitative estimate of drug-likeness (QED) is 0.562. The number of allylic oxidation sites excluding steroid dienone is 1. The van der Waals surface area contributed by atoms with Crippen LogP contribution in [0, 0.1) is 0 Å². The van der Waals surface area contributed by atoms with E-state index in [0.717, 1.165) is 0 Å². The van der Waals surface area contributed by atoms with Gasteiger partial charge in [0.05, 0.1) is 12.2 Å². The first-order valence-corrected chi connectivity index (χ1v) is 9.89. The Morgan fingerprint density at radius 1 is 1.14 bits per heavy atom.